The van der Waals surface area contributed by atoms with Crippen LogP contribution in [0.25, 0.3) is 6.08 Å². The highest BCUT2D eigenvalue weighted by Crippen LogP contribution is 2.24. The lowest BCUT2D eigenvalue weighted by molar-refractivity contribution is 0.104. The second-order valence-corrected chi connectivity index (χ2v) is 7.30. The largest absolute Gasteiger partial charge is 0.496 e. The average molecular weight is 437 g/mol. The number of benzene rings is 3. The summed E-state index contributed by atoms with van der Waals surface area (Å²) in [5.74, 6) is 1.51. The lowest BCUT2D eigenvalue weighted by Gasteiger charge is -2.11. The molecule has 4 heteroatoms. The fourth-order valence-electron chi connectivity index (χ4n) is 2.77. The number of carbonyl (C=O) groups is 1. The van der Waals surface area contributed by atoms with Crippen molar-refractivity contribution < 1.29 is 14.3 Å². The number of ether oxygens (including phenoxy) is 2. The Labute approximate surface area is 173 Å². The van der Waals surface area contributed by atoms with Gasteiger partial charge in [0.25, 0.3) is 0 Å². The molecule has 3 rings (SSSR count). The summed E-state index contributed by atoms with van der Waals surface area (Å²) in [6.45, 7) is 2.35. The van der Waals surface area contributed by atoms with Gasteiger partial charge in [0.15, 0.2) is 5.78 Å². The summed E-state index contributed by atoms with van der Waals surface area (Å²) in [5, 5.41) is 0. The molecule has 0 aliphatic carbocycles. The minimum atomic E-state index is -0.0211. The molecule has 3 aromatic carbocycles. The average Bonchev–Trinajstić information content (AvgIpc) is 2.71. The number of aryl methyl sites for hydroxylation is 1. The summed E-state index contributed by atoms with van der Waals surface area (Å²) >= 11 is 3.41. The van der Waals surface area contributed by atoms with E-state index in [1.165, 1.54) is 0 Å². The van der Waals surface area contributed by atoms with Crippen LogP contribution >= 0.6 is 15.9 Å². The van der Waals surface area contributed by atoms with E-state index in [2.05, 4.69) is 15.9 Å². The van der Waals surface area contributed by atoms with E-state index in [4.69, 9.17) is 9.47 Å². The Bertz CT molecular complexity index is 991. The van der Waals surface area contributed by atoms with Gasteiger partial charge in [-0.05, 0) is 61.0 Å². The molecule has 0 fully saturated rings. The molecule has 0 unspecified atom stereocenters. The standard InChI is InChI=1S/C24H21BrO3/c1-17-4-3-5-19(14-17)23(26)12-6-18-7-13-24(27-2)20(15-18)16-28-22-10-8-21(25)9-11-22/h3-15H,16H2,1-2H3/b12-6+. The molecule has 0 N–H and O–H groups in total. The molecule has 0 saturated heterocycles. The van der Waals surface area contributed by atoms with Gasteiger partial charge < -0.3 is 9.47 Å². The molecule has 3 nitrogen and oxygen atoms in total. The summed E-state index contributed by atoms with van der Waals surface area (Å²) < 4.78 is 12.3. The van der Waals surface area contributed by atoms with E-state index in [1.54, 1.807) is 13.2 Å². The Kier molecular flexibility index (Phi) is 6.66. The molecule has 0 heterocycles. The van der Waals surface area contributed by atoms with Gasteiger partial charge in [-0.25, -0.2) is 0 Å². The quantitative estimate of drug-likeness (QED) is 0.324. The van der Waals surface area contributed by atoms with Gasteiger partial charge in [0, 0.05) is 15.6 Å². The lowest BCUT2D eigenvalue weighted by atomic mass is 10.1. The number of rotatable bonds is 7. The van der Waals surface area contributed by atoms with E-state index in [0.717, 1.165) is 32.7 Å². The maximum Gasteiger partial charge on any atom is 0.185 e. The van der Waals surface area contributed by atoms with Crippen molar-refractivity contribution in [2.45, 2.75) is 13.5 Å². The van der Waals surface area contributed by atoms with Gasteiger partial charge in [0.05, 0.1) is 7.11 Å². The topological polar surface area (TPSA) is 35.5 Å². The van der Waals surface area contributed by atoms with Crippen LogP contribution in [0.3, 0.4) is 0 Å². The third-order valence-corrected chi connectivity index (χ3v) is 4.77. The Morgan fingerprint density at radius 2 is 1.82 bits per heavy atom. The molecule has 0 aliphatic rings. The Morgan fingerprint density at radius 1 is 1.04 bits per heavy atom. The molecule has 0 bridgehead atoms. The van der Waals surface area contributed by atoms with E-state index in [9.17, 15) is 4.79 Å². The van der Waals surface area contributed by atoms with Gasteiger partial charge in [0.1, 0.15) is 18.1 Å². The normalized spacial score (nSPS) is 10.8. The van der Waals surface area contributed by atoms with Crippen LogP contribution < -0.4 is 9.47 Å². The molecular formula is C24H21BrO3. The van der Waals surface area contributed by atoms with Crippen molar-refractivity contribution in [3.8, 4) is 11.5 Å². The van der Waals surface area contributed by atoms with Crippen LogP contribution in [0.1, 0.15) is 27.0 Å². The maximum atomic E-state index is 12.4. The van der Waals surface area contributed by atoms with Crippen LogP contribution in [0.5, 0.6) is 11.5 Å². The third-order valence-electron chi connectivity index (χ3n) is 4.24. The van der Waals surface area contributed by atoms with Crippen LogP contribution in [0.2, 0.25) is 0 Å². The highest BCUT2D eigenvalue weighted by atomic mass is 79.9. The fourth-order valence-corrected chi connectivity index (χ4v) is 3.04. The van der Waals surface area contributed by atoms with Gasteiger partial charge in [-0.3, -0.25) is 4.79 Å². The van der Waals surface area contributed by atoms with Crippen molar-refractivity contribution in [1.29, 1.82) is 0 Å². The first-order valence-corrected chi connectivity index (χ1v) is 9.69. The van der Waals surface area contributed by atoms with Crippen molar-refractivity contribution in [2.75, 3.05) is 7.11 Å². The van der Waals surface area contributed by atoms with Crippen LogP contribution in [0, 0.1) is 6.92 Å². The van der Waals surface area contributed by atoms with E-state index in [1.807, 2.05) is 79.7 Å². The SMILES string of the molecule is COc1ccc(/C=C/C(=O)c2cccc(C)c2)cc1COc1ccc(Br)cc1. The molecule has 0 spiro atoms. The Hall–Kier alpha value is -2.85. The monoisotopic (exact) mass is 436 g/mol. The van der Waals surface area contributed by atoms with E-state index >= 15 is 0 Å². The van der Waals surface area contributed by atoms with Gasteiger partial charge in [-0.1, -0.05) is 51.8 Å². The highest BCUT2D eigenvalue weighted by molar-refractivity contribution is 9.10. The predicted octanol–water partition coefficient (Wildman–Crippen LogP) is 6.24. The number of hydrogen-bond acceptors (Lipinski definition) is 3. The molecule has 0 aliphatic heterocycles. The summed E-state index contributed by atoms with van der Waals surface area (Å²) in [4.78, 5) is 12.4. The first-order chi connectivity index (χ1) is 13.5. The fraction of sp³-hybridized carbons (Fsp3) is 0.125. The van der Waals surface area contributed by atoms with Gasteiger partial charge in [0.2, 0.25) is 0 Å². The molecule has 0 aromatic heterocycles. The molecule has 0 radical (unpaired) electrons. The van der Waals surface area contributed by atoms with Crippen LogP contribution in [-0.2, 0) is 6.61 Å². The number of hydrogen-bond donors (Lipinski definition) is 0. The highest BCUT2D eigenvalue weighted by Gasteiger charge is 2.06. The van der Waals surface area contributed by atoms with Gasteiger partial charge in [-0.15, -0.1) is 0 Å². The molecule has 0 saturated carbocycles. The number of ketones is 1. The summed E-state index contributed by atoms with van der Waals surface area (Å²) in [5.41, 5.74) is 3.58. The minimum absolute atomic E-state index is 0.0211. The van der Waals surface area contributed by atoms with Crippen molar-refractivity contribution >= 4 is 27.8 Å². The van der Waals surface area contributed by atoms with Crippen LogP contribution in [0.15, 0.2) is 77.3 Å². The predicted molar refractivity (Wildman–Crippen MR) is 116 cm³/mol. The van der Waals surface area contributed by atoms with E-state index in [-0.39, 0.29) is 5.78 Å². The Morgan fingerprint density at radius 3 is 2.54 bits per heavy atom. The third kappa shape index (κ3) is 5.33. The summed E-state index contributed by atoms with van der Waals surface area (Å²) in [6.07, 6.45) is 3.41. The Balaban J connectivity index is 1.74. The molecule has 0 atom stereocenters. The van der Waals surface area contributed by atoms with E-state index in [0.29, 0.717) is 12.2 Å². The smallest absolute Gasteiger partial charge is 0.185 e. The second-order valence-electron chi connectivity index (χ2n) is 6.38. The van der Waals surface area contributed by atoms with Crippen molar-refractivity contribution in [3.63, 3.8) is 0 Å². The van der Waals surface area contributed by atoms with Crippen LogP contribution in [0.4, 0.5) is 0 Å². The molecular weight excluding hydrogens is 416 g/mol. The molecule has 28 heavy (non-hydrogen) atoms. The zero-order valence-corrected chi connectivity index (χ0v) is 17.4. The summed E-state index contributed by atoms with van der Waals surface area (Å²) in [7, 11) is 1.63. The summed E-state index contributed by atoms with van der Waals surface area (Å²) in [6, 6.07) is 21.0. The first-order valence-electron chi connectivity index (χ1n) is 8.89. The maximum absolute atomic E-state index is 12.4. The second kappa shape index (κ2) is 9.38. The number of carbonyl (C=O) groups excluding carboxylic acids is 1. The van der Waals surface area contributed by atoms with Crippen molar-refractivity contribution in [1.82, 2.24) is 0 Å². The van der Waals surface area contributed by atoms with Crippen LogP contribution in [-0.4, -0.2) is 12.9 Å². The lowest BCUT2D eigenvalue weighted by Crippen LogP contribution is -1.99. The number of allylic oxidation sites excluding steroid dienone is 1. The van der Waals surface area contributed by atoms with Gasteiger partial charge in [-0.2, -0.15) is 0 Å². The molecule has 3 aromatic rings. The number of methoxy groups -OCH3 is 1. The van der Waals surface area contributed by atoms with E-state index < -0.39 is 0 Å². The minimum Gasteiger partial charge on any atom is -0.496 e. The zero-order chi connectivity index (χ0) is 19.9. The molecule has 142 valence electrons. The first kappa shape index (κ1) is 19.9. The van der Waals surface area contributed by atoms with Crippen molar-refractivity contribution in [2.24, 2.45) is 0 Å². The number of halogens is 1. The van der Waals surface area contributed by atoms with Crippen molar-refractivity contribution in [3.05, 3.63) is 99.5 Å². The molecule has 0 amide bonds. The van der Waals surface area contributed by atoms with Gasteiger partial charge >= 0.3 is 0 Å². The zero-order valence-electron chi connectivity index (χ0n) is 15.8.